The number of hydrogen-bond acceptors (Lipinski definition) is 5. The molecule has 2 aliphatic heterocycles. The topological polar surface area (TPSA) is 36.9 Å². The number of hydrogen-bond donors (Lipinski definition) is 0. The highest BCUT2D eigenvalue weighted by Gasteiger charge is 2.55. The van der Waals surface area contributed by atoms with Crippen LogP contribution >= 0.6 is 11.8 Å². The van der Waals surface area contributed by atoms with Crippen LogP contribution < -0.4 is 0 Å². The first-order valence-corrected chi connectivity index (χ1v) is 11.3. The molecule has 0 amide bonds. The fourth-order valence-electron chi connectivity index (χ4n) is 3.64. The van der Waals surface area contributed by atoms with E-state index in [-0.39, 0.29) is 29.9 Å². The molecule has 2 aromatic rings. The van der Waals surface area contributed by atoms with Gasteiger partial charge in [-0.2, -0.15) is 0 Å². The quantitative estimate of drug-likeness (QED) is 0.629. The first-order valence-electron chi connectivity index (χ1n) is 10.4. The maximum Gasteiger partial charge on any atom is 0.164 e. The zero-order chi connectivity index (χ0) is 20.9. The molecule has 4 rings (SSSR count). The summed E-state index contributed by atoms with van der Waals surface area (Å²) < 4.78 is 25.1. The molecule has 0 saturated carbocycles. The summed E-state index contributed by atoms with van der Waals surface area (Å²) >= 11 is 1.68. The summed E-state index contributed by atoms with van der Waals surface area (Å²) in [6, 6.07) is 20.4. The molecule has 5 atom stereocenters. The Hall–Kier alpha value is -1.37. The summed E-state index contributed by atoms with van der Waals surface area (Å²) in [6.45, 7) is 10.5. The van der Waals surface area contributed by atoms with Crippen LogP contribution in [0.1, 0.15) is 40.2 Å². The van der Waals surface area contributed by atoms with Gasteiger partial charge in [-0.3, -0.25) is 0 Å². The summed E-state index contributed by atoms with van der Waals surface area (Å²) in [5.74, 6) is -0.646. The van der Waals surface area contributed by atoms with Crippen molar-refractivity contribution in [2.45, 2.75) is 81.8 Å². The summed E-state index contributed by atoms with van der Waals surface area (Å²) in [6.07, 6.45) is -0.603. The van der Waals surface area contributed by atoms with E-state index in [1.807, 2.05) is 64.1 Å². The van der Waals surface area contributed by atoms with Crippen molar-refractivity contribution in [3.8, 4) is 0 Å². The third kappa shape index (κ3) is 5.62. The van der Waals surface area contributed by atoms with Crippen LogP contribution in [-0.2, 0) is 25.6 Å². The molecule has 2 aliphatic rings. The molecule has 29 heavy (non-hydrogen) atoms. The molecular formula is C24H32O4S. The van der Waals surface area contributed by atoms with Gasteiger partial charge in [0.25, 0.3) is 0 Å². The molecule has 4 nitrogen and oxygen atoms in total. The predicted octanol–water partition coefficient (Wildman–Crippen LogP) is 5.66. The summed E-state index contributed by atoms with van der Waals surface area (Å²) in [7, 11) is 0. The standard InChI is InChI=1S/C22H26O4S.C2H6/c1-15-18(23-14-16-10-6-4-7-11-16)19-20(26-22(2,3)25-19)21(24-15)27-17-12-8-5-9-13-17;1-2/h4-13,15,18-21H,14H2,1-3H3;1-2H3/t15-,18-,19+,20+,21-;/m0./s1. The second-order valence-electron chi connectivity index (χ2n) is 7.47. The molecule has 2 fully saturated rings. The first-order chi connectivity index (χ1) is 14.0. The molecule has 5 heteroatoms. The Balaban J connectivity index is 0.00000117. The van der Waals surface area contributed by atoms with Crippen LogP contribution in [0.5, 0.6) is 0 Å². The third-order valence-corrected chi connectivity index (χ3v) is 6.00. The highest BCUT2D eigenvalue weighted by molar-refractivity contribution is 7.99. The lowest BCUT2D eigenvalue weighted by Gasteiger charge is -2.40. The van der Waals surface area contributed by atoms with Crippen molar-refractivity contribution >= 4 is 11.8 Å². The van der Waals surface area contributed by atoms with Crippen LogP contribution in [0.2, 0.25) is 0 Å². The average Bonchev–Trinajstić information content (AvgIpc) is 3.06. The molecule has 0 unspecified atom stereocenters. The van der Waals surface area contributed by atoms with Gasteiger partial charge in [0.05, 0.1) is 12.7 Å². The smallest absolute Gasteiger partial charge is 0.164 e. The van der Waals surface area contributed by atoms with Crippen molar-refractivity contribution in [1.29, 1.82) is 0 Å². The van der Waals surface area contributed by atoms with Gasteiger partial charge in [-0.05, 0) is 38.5 Å². The summed E-state index contributed by atoms with van der Waals surface area (Å²) in [5, 5.41) is 0. The zero-order valence-electron chi connectivity index (χ0n) is 17.9. The third-order valence-electron chi connectivity index (χ3n) is 4.85. The van der Waals surface area contributed by atoms with Crippen molar-refractivity contribution in [1.82, 2.24) is 0 Å². The Labute approximate surface area is 178 Å². The Morgan fingerprint density at radius 3 is 2.14 bits per heavy atom. The van der Waals surface area contributed by atoms with Gasteiger partial charge in [-0.1, -0.05) is 74.1 Å². The molecule has 158 valence electrons. The van der Waals surface area contributed by atoms with Gasteiger partial charge in [0.2, 0.25) is 0 Å². The number of fused-ring (bicyclic) bond motifs is 1. The van der Waals surface area contributed by atoms with Crippen molar-refractivity contribution in [3.63, 3.8) is 0 Å². The van der Waals surface area contributed by atoms with Crippen LogP contribution in [0, 0.1) is 0 Å². The molecule has 0 aromatic heterocycles. The van der Waals surface area contributed by atoms with E-state index in [0.29, 0.717) is 6.61 Å². The van der Waals surface area contributed by atoms with E-state index in [0.717, 1.165) is 10.5 Å². The summed E-state index contributed by atoms with van der Waals surface area (Å²) in [5.41, 5.74) is 1.01. The second-order valence-corrected chi connectivity index (χ2v) is 8.64. The van der Waals surface area contributed by atoms with Crippen LogP contribution in [0.25, 0.3) is 0 Å². The van der Waals surface area contributed by atoms with E-state index < -0.39 is 5.79 Å². The second kappa shape index (κ2) is 10.1. The van der Waals surface area contributed by atoms with Crippen molar-refractivity contribution in [2.75, 3.05) is 0 Å². The van der Waals surface area contributed by atoms with Crippen LogP contribution in [0.3, 0.4) is 0 Å². The van der Waals surface area contributed by atoms with E-state index in [9.17, 15) is 0 Å². The van der Waals surface area contributed by atoms with E-state index >= 15 is 0 Å². The lowest BCUT2D eigenvalue weighted by atomic mass is 10.0. The average molecular weight is 417 g/mol. The van der Waals surface area contributed by atoms with Gasteiger partial charge in [-0.25, -0.2) is 0 Å². The minimum atomic E-state index is -0.646. The molecule has 2 saturated heterocycles. The lowest BCUT2D eigenvalue weighted by Crippen LogP contribution is -2.55. The lowest BCUT2D eigenvalue weighted by molar-refractivity contribution is -0.183. The number of rotatable bonds is 5. The monoisotopic (exact) mass is 416 g/mol. The highest BCUT2D eigenvalue weighted by Crippen LogP contribution is 2.43. The molecule has 0 aliphatic carbocycles. The molecule has 0 N–H and O–H groups in total. The number of thioether (sulfide) groups is 1. The van der Waals surface area contributed by atoms with Gasteiger partial charge in [-0.15, -0.1) is 0 Å². The predicted molar refractivity (Wildman–Crippen MR) is 117 cm³/mol. The minimum Gasteiger partial charge on any atom is -0.368 e. The first kappa shape index (κ1) is 22.3. The molecule has 0 bridgehead atoms. The highest BCUT2D eigenvalue weighted by atomic mass is 32.2. The summed E-state index contributed by atoms with van der Waals surface area (Å²) in [4.78, 5) is 1.16. The number of benzene rings is 2. The Kier molecular flexibility index (Phi) is 7.77. The molecule has 2 heterocycles. The molecule has 0 spiro atoms. The van der Waals surface area contributed by atoms with Gasteiger partial charge in [0.15, 0.2) is 5.79 Å². The molecular weight excluding hydrogens is 384 g/mol. The van der Waals surface area contributed by atoms with Crippen LogP contribution in [0.15, 0.2) is 65.6 Å². The van der Waals surface area contributed by atoms with Crippen LogP contribution in [-0.4, -0.2) is 35.6 Å². The largest absolute Gasteiger partial charge is 0.368 e. The van der Waals surface area contributed by atoms with Crippen molar-refractivity contribution in [3.05, 3.63) is 66.2 Å². The van der Waals surface area contributed by atoms with Gasteiger partial charge in [0, 0.05) is 4.90 Å². The Morgan fingerprint density at radius 1 is 0.897 bits per heavy atom. The zero-order valence-corrected chi connectivity index (χ0v) is 18.7. The number of ether oxygens (including phenoxy) is 4. The fraction of sp³-hybridized carbons (Fsp3) is 0.500. The van der Waals surface area contributed by atoms with Crippen molar-refractivity contribution in [2.24, 2.45) is 0 Å². The van der Waals surface area contributed by atoms with E-state index in [4.69, 9.17) is 18.9 Å². The normalized spacial score (nSPS) is 30.2. The maximum absolute atomic E-state index is 6.33. The van der Waals surface area contributed by atoms with Crippen molar-refractivity contribution < 1.29 is 18.9 Å². The minimum absolute atomic E-state index is 0.0892. The van der Waals surface area contributed by atoms with Gasteiger partial charge in [0.1, 0.15) is 23.7 Å². The maximum atomic E-state index is 6.33. The van der Waals surface area contributed by atoms with Crippen LogP contribution in [0.4, 0.5) is 0 Å². The Bertz CT molecular complexity index is 737. The molecule has 0 radical (unpaired) electrons. The van der Waals surface area contributed by atoms with Gasteiger partial charge < -0.3 is 18.9 Å². The van der Waals surface area contributed by atoms with E-state index in [1.54, 1.807) is 11.8 Å². The Morgan fingerprint density at radius 2 is 1.48 bits per heavy atom. The van der Waals surface area contributed by atoms with Gasteiger partial charge >= 0.3 is 0 Å². The SMILES string of the molecule is CC.C[C@@H]1O[C@@H](Sc2ccccc2)[C@@H]2OC(C)(C)O[C@@H]2[C@H]1OCc1ccccc1. The fourth-order valence-corrected chi connectivity index (χ4v) is 4.80. The molecule has 2 aromatic carbocycles. The van der Waals surface area contributed by atoms with E-state index in [1.165, 1.54) is 0 Å². The van der Waals surface area contributed by atoms with E-state index in [2.05, 4.69) is 31.2 Å².